The molecule has 3 N–H and O–H groups in total. The lowest BCUT2D eigenvalue weighted by atomic mass is 9.88. The molecule has 5 rings (SSSR count). The molecule has 1 saturated heterocycles. The highest BCUT2D eigenvalue weighted by Gasteiger charge is 2.41. The Bertz CT molecular complexity index is 1320. The predicted molar refractivity (Wildman–Crippen MR) is 116 cm³/mol. The molecule has 1 saturated carbocycles. The second-order valence-corrected chi connectivity index (χ2v) is 9.10. The fourth-order valence-electron chi connectivity index (χ4n) is 4.32. The molecule has 1 unspecified atom stereocenters. The molecule has 1 atom stereocenters. The first kappa shape index (κ1) is 19.3. The van der Waals surface area contributed by atoms with Gasteiger partial charge in [-0.2, -0.15) is 0 Å². The summed E-state index contributed by atoms with van der Waals surface area (Å²) in [5, 5.41) is 4.45. The van der Waals surface area contributed by atoms with Gasteiger partial charge >= 0.3 is 0 Å². The topological polar surface area (TPSA) is 106 Å². The van der Waals surface area contributed by atoms with Crippen LogP contribution in [0.1, 0.15) is 25.8 Å². The molecule has 2 fully saturated rings. The highest BCUT2D eigenvalue weighted by molar-refractivity contribution is 7.12. The number of hydrogen-bond acceptors (Lipinski definition) is 7. The Hall–Kier alpha value is -2.72. The third kappa shape index (κ3) is 2.70. The van der Waals surface area contributed by atoms with Gasteiger partial charge in [-0.25, -0.2) is 4.39 Å². The molecule has 0 radical (unpaired) electrons. The molecule has 8 nitrogen and oxygen atoms in total. The van der Waals surface area contributed by atoms with E-state index in [0.717, 1.165) is 30.1 Å². The number of nitrogens with zero attached hydrogens (tertiary/aromatic N) is 3. The highest BCUT2D eigenvalue weighted by Crippen LogP contribution is 2.41. The number of H-pyrrole nitrogens is 1. The van der Waals surface area contributed by atoms with Gasteiger partial charge in [-0.3, -0.25) is 14.0 Å². The number of halogens is 1. The first-order valence-electron chi connectivity index (χ1n) is 9.82. The van der Waals surface area contributed by atoms with Crippen LogP contribution in [0.2, 0.25) is 0 Å². The van der Waals surface area contributed by atoms with E-state index in [9.17, 15) is 9.59 Å². The minimum Gasteiger partial charge on any atom is -0.399 e. The van der Waals surface area contributed by atoms with Crippen LogP contribution in [-0.4, -0.2) is 41.4 Å². The van der Waals surface area contributed by atoms with Crippen molar-refractivity contribution in [2.24, 2.45) is 16.3 Å². The van der Waals surface area contributed by atoms with E-state index >= 15 is 4.39 Å². The van der Waals surface area contributed by atoms with E-state index in [1.54, 1.807) is 6.07 Å². The number of oxime groups is 1. The van der Waals surface area contributed by atoms with Crippen molar-refractivity contribution >= 4 is 44.1 Å². The highest BCUT2D eigenvalue weighted by atomic mass is 32.1. The number of hydrogen-bond donors (Lipinski definition) is 2. The first-order chi connectivity index (χ1) is 14.4. The zero-order valence-corrected chi connectivity index (χ0v) is 17.5. The molecule has 0 amide bonds. The lowest BCUT2D eigenvalue weighted by Gasteiger charge is -2.24. The Kier molecular flexibility index (Phi) is 4.26. The average molecular weight is 431 g/mol. The summed E-state index contributed by atoms with van der Waals surface area (Å²) in [6.45, 7) is 3.20. The van der Waals surface area contributed by atoms with Crippen LogP contribution in [-0.2, 0) is 4.84 Å². The SMILES string of the molecule is CON=C1CN(c2cc3c(cc2F)c(=O)c2c(=O)[nH]sc2n3C2CC2)CC1(C)CN. The standard InChI is InChI=1S/C20H22FN5O3S/c1-20(8-22)9-25(7-15(20)23-29-2)14-6-13-11(5-12(14)21)17(27)16-18(28)24-30-19(16)26(13)10-3-4-10/h5-6,10H,3-4,7-9,22H2,1-2H3,(H,24,28). The van der Waals surface area contributed by atoms with E-state index in [4.69, 9.17) is 10.6 Å². The van der Waals surface area contributed by atoms with E-state index in [-0.39, 0.29) is 16.8 Å². The maximum atomic E-state index is 15.2. The third-order valence-electron chi connectivity index (χ3n) is 6.18. The number of aromatic amines is 1. The minimum absolute atomic E-state index is 0.109. The third-order valence-corrected chi connectivity index (χ3v) is 7.06. The summed E-state index contributed by atoms with van der Waals surface area (Å²) in [4.78, 5) is 32.6. The van der Waals surface area contributed by atoms with E-state index in [0.29, 0.717) is 35.7 Å². The van der Waals surface area contributed by atoms with E-state index in [1.165, 1.54) is 13.2 Å². The molecule has 30 heavy (non-hydrogen) atoms. The molecule has 3 heterocycles. The van der Waals surface area contributed by atoms with Gasteiger partial charge in [0.25, 0.3) is 5.56 Å². The maximum Gasteiger partial charge on any atom is 0.271 e. The lowest BCUT2D eigenvalue weighted by molar-refractivity contribution is 0.209. The Morgan fingerprint density at radius 1 is 1.40 bits per heavy atom. The number of nitrogens with one attached hydrogen (secondary N) is 1. The second-order valence-electron chi connectivity index (χ2n) is 8.31. The summed E-state index contributed by atoms with van der Waals surface area (Å²) in [7, 11) is 1.48. The molecule has 2 aliphatic rings. The van der Waals surface area contributed by atoms with Gasteiger partial charge in [0.15, 0.2) is 0 Å². The molecule has 0 spiro atoms. The Labute approximate surface area is 174 Å². The van der Waals surface area contributed by atoms with Crippen molar-refractivity contribution in [3.63, 3.8) is 0 Å². The molecule has 3 aromatic rings. The molecule has 1 aliphatic carbocycles. The molecule has 10 heteroatoms. The van der Waals surface area contributed by atoms with Gasteiger partial charge in [0.1, 0.15) is 23.1 Å². The lowest BCUT2D eigenvalue weighted by Crippen LogP contribution is -2.35. The van der Waals surface area contributed by atoms with Crippen molar-refractivity contribution in [2.45, 2.75) is 25.8 Å². The Balaban J connectivity index is 1.74. The summed E-state index contributed by atoms with van der Waals surface area (Å²) < 4.78 is 19.9. The van der Waals surface area contributed by atoms with Gasteiger partial charge < -0.3 is 20.0 Å². The van der Waals surface area contributed by atoms with Gasteiger partial charge in [0.2, 0.25) is 5.43 Å². The van der Waals surface area contributed by atoms with E-state index in [1.807, 2.05) is 16.4 Å². The van der Waals surface area contributed by atoms with E-state index in [2.05, 4.69) is 9.53 Å². The maximum absolute atomic E-state index is 15.2. The summed E-state index contributed by atoms with van der Waals surface area (Å²) in [6.07, 6.45) is 1.93. The monoisotopic (exact) mass is 431 g/mol. The number of anilines is 1. The van der Waals surface area contributed by atoms with Crippen LogP contribution in [0.3, 0.4) is 0 Å². The average Bonchev–Trinajstić information content (AvgIpc) is 3.41. The second kappa shape index (κ2) is 6.64. The van der Waals surface area contributed by atoms with Crippen LogP contribution >= 0.6 is 11.5 Å². The fraction of sp³-hybridized carbons (Fsp3) is 0.450. The number of pyridine rings is 1. The summed E-state index contributed by atoms with van der Waals surface area (Å²) in [5.41, 5.74) is 6.49. The van der Waals surface area contributed by atoms with Crippen LogP contribution in [0.15, 0.2) is 26.9 Å². The fourth-order valence-corrected chi connectivity index (χ4v) is 5.24. The first-order valence-corrected chi connectivity index (χ1v) is 10.6. The van der Waals surface area contributed by atoms with Gasteiger partial charge in [0, 0.05) is 29.9 Å². The molecular formula is C20H22FN5O3S. The summed E-state index contributed by atoms with van der Waals surface area (Å²) in [5.74, 6) is -0.508. The largest absolute Gasteiger partial charge is 0.399 e. The Morgan fingerprint density at radius 3 is 2.83 bits per heavy atom. The van der Waals surface area contributed by atoms with Crippen molar-refractivity contribution in [1.29, 1.82) is 0 Å². The van der Waals surface area contributed by atoms with Crippen LogP contribution < -0.4 is 21.6 Å². The van der Waals surface area contributed by atoms with Gasteiger partial charge in [-0.1, -0.05) is 12.1 Å². The zero-order valence-electron chi connectivity index (χ0n) is 16.7. The summed E-state index contributed by atoms with van der Waals surface area (Å²) in [6, 6.07) is 3.19. The molecule has 0 bridgehead atoms. The number of rotatable bonds is 4. The smallest absolute Gasteiger partial charge is 0.271 e. The number of aromatic nitrogens is 2. The van der Waals surface area contributed by atoms with Crippen LogP contribution in [0.25, 0.3) is 21.1 Å². The van der Waals surface area contributed by atoms with Crippen LogP contribution in [0.5, 0.6) is 0 Å². The molecule has 1 aliphatic heterocycles. The van der Waals surface area contributed by atoms with Gasteiger partial charge in [-0.15, -0.1) is 0 Å². The number of benzene rings is 1. The van der Waals surface area contributed by atoms with Gasteiger partial charge in [-0.05, 0) is 36.5 Å². The van der Waals surface area contributed by atoms with Gasteiger partial charge in [0.05, 0.1) is 23.5 Å². The Morgan fingerprint density at radius 2 is 2.17 bits per heavy atom. The number of fused-ring (bicyclic) bond motifs is 2. The minimum atomic E-state index is -0.508. The molecule has 1 aromatic carbocycles. The predicted octanol–water partition coefficient (Wildman–Crippen LogP) is 2.17. The zero-order chi connectivity index (χ0) is 21.2. The molecule has 158 valence electrons. The normalized spacial score (nSPS) is 23.2. The van der Waals surface area contributed by atoms with Crippen molar-refractivity contribution in [3.05, 3.63) is 38.5 Å². The molecular weight excluding hydrogens is 409 g/mol. The summed E-state index contributed by atoms with van der Waals surface area (Å²) >= 11 is 1.16. The van der Waals surface area contributed by atoms with Crippen molar-refractivity contribution in [3.8, 4) is 0 Å². The van der Waals surface area contributed by atoms with Crippen molar-refractivity contribution < 1.29 is 9.23 Å². The van der Waals surface area contributed by atoms with Crippen molar-refractivity contribution in [2.75, 3.05) is 31.6 Å². The van der Waals surface area contributed by atoms with Crippen LogP contribution in [0, 0.1) is 11.2 Å². The van der Waals surface area contributed by atoms with Crippen LogP contribution in [0.4, 0.5) is 10.1 Å². The van der Waals surface area contributed by atoms with E-state index < -0.39 is 22.2 Å². The number of nitrogens with two attached hydrogens (primary N) is 1. The molecule has 2 aromatic heterocycles. The van der Waals surface area contributed by atoms with Crippen molar-refractivity contribution in [1.82, 2.24) is 8.94 Å². The quantitative estimate of drug-likeness (QED) is 0.616.